The van der Waals surface area contributed by atoms with E-state index in [0.29, 0.717) is 6.54 Å². The molecule has 0 aliphatic heterocycles. The zero-order valence-electron chi connectivity index (χ0n) is 6.84. The van der Waals surface area contributed by atoms with Gasteiger partial charge in [0.1, 0.15) is 0 Å². The molecule has 0 spiro atoms. The molecule has 0 saturated heterocycles. The highest BCUT2D eigenvalue weighted by molar-refractivity contribution is 5.79. The monoisotopic (exact) mass is 157 g/mol. The number of carbonyl (C=O) groups is 1. The average molecular weight is 157 g/mol. The Balaban J connectivity index is 2.10. The SMILES string of the molecule is CC(O)CNC(=O)C1CCC1. The number of amides is 1. The maximum absolute atomic E-state index is 11.1. The summed E-state index contributed by atoms with van der Waals surface area (Å²) in [5.74, 6) is 0.339. The van der Waals surface area contributed by atoms with Crippen molar-refractivity contribution in [1.82, 2.24) is 5.32 Å². The van der Waals surface area contributed by atoms with Crippen molar-refractivity contribution in [2.75, 3.05) is 6.54 Å². The van der Waals surface area contributed by atoms with Crippen LogP contribution in [0.5, 0.6) is 0 Å². The van der Waals surface area contributed by atoms with Crippen molar-refractivity contribution >= 4 is 5.91 Å². The van der Waals surface area contributed by atoms with Gasteiger partial charge in [-0.05, 0) is 19.8 Å². The highest BCUT2D eigenvalue weighted by Crippen LogP contribution is 2.25. The highest BCUT2D eigenvalue weighted by Gasteiger charge is 2.24. The molecule has 1 unspecified atom stereocenters. The molecule has 1 amide bonds. The molecule has 3 heteroatoms. The Labute approximate surface area is 66.8 Å². The van der Waals surface area contributed by atoms with Crippen LogP contribution in [0.4, 0.5) is 0 Å². The van der Waals surface area contributed by atoms with Crippen LogP contribution in [0.15, 0.2) is 0 Å². The minimum absolute atomic E-state index is 0.108. The Bertz CT molecular complexity index is 141. The summed E-state index contributed by atoms with van der Waals surface area (Å²) in [7, 11) is 0. The summed E-state index contributed by atoms with van der Waals surface area (Å²) < 4.78 is 0. The molecule has 0 aromatic carbocycles. The van der Waals surface area contributed by atoms with Gasteiger partial charge in [0.2, 0.25) is 5.91 Å². The van der Waals surface area contributed by atoms with E-state index in [2.05, 4.69) is 5.32 Å². The maximum atomic E-state index is 11.1. The van der Waals surface area contributed by atoms with Crippen LogP contribution in [0.2, 0.25) is 0 Å². The van der Waals surface area contributed by atoms with E-state index in [1.807, 2.05) is 0 Å². The molecule has 3 nitrogen and oxygen atoms in total. The highest BCUT2D eigenvalue weighted by atomic mass is 16.3. The Morgan fingerprint density at radius 3 is 2.73 bits per heavy atom. The topological polar surface area (TPSA) is 49.3 Å². The number of nitrogens with one attached hydrogen (secondary N) is 1. The average Bonchev–Trinajstić information content (AvgIpc) is 1.79. The van der Waals surface area contributed by atoms with Crippen molar-refractivity contribution in [2.24, 2.45) is 5.92 Å². The van der Waals surface area contributed by atoms with Crippen molar-refractivity contribution in [1.29, 1.82) is 0 Å². The zero-order valence-corrected chi connectivity index (χ0v) is 6.84. The molecule has 1 aliphatic carbocycles. The Hall–Kier alpha value is -0.570. The Morgan fingerprint density at radius 1 is 1.73 bits per heavy atom. The van der Waals surface area contributed by atoms with Gasteiger partial charge in [-0.2, -0.15) is 0 Å². The maximum Gasteiger partial charge on any atom is 0.223 e. The van der Waals surface area contributed by atoms with Crippen molar-refractivity contribution in [3.8, 4) is 0 Å². The quantitative estimate of drug-likeness (QED) is 0.618. The van der Waals surface area contributed by atoms with Gasteiger partial charge < -0.3 is 10.4 Å². The van der Waals surface area contributed by atoms with Gasteiger partial charge in [0.15, 0.2) is 0 Å². The van der Waals surface area contributed by atoms with Gasteiger partial charge in [0, 0.05) is 12.5 Å². The van der Waals surface area contributed by atoms with E-state index < -0.39 is 6.10 Å². The Morgan fingerprint density at radius 2 is 2.36 bits per heavy atom. The minimum atomic E-state index is -0.431. The number of hydrogen-bond acceptors (Lipinski definition) is 2. The summed E-state index contributed by atoms with van der Waals surface area (Å²) in [6.07, 6.45) is 2.78. The van der Waals surface area contributed by atoms with E-state index in [4.69, 9.17) is 5.11 Å². The molecule has 1 atom stereocenters. The summed E-state index contributed by atoms with van der Waals surface area (Å²) in [5.41, 5.74) is 0. The summed E-state index contributed by atoms with van der Waals surface area (Å²) >= 11 is 0. The predicted octanol–water partition coefficient (Wildman–Crippen LogP) is 0.283. The lowest BCUT2D eigenvalue weighted by Crippen LogP contribution is -2.37. The number of rotatable bonds is 3. The fourth-order valence-corrected chi connectivity index (χ4v) is 1.06. The molecule has 2 N–H and O–H groups in total. The number of hydrogen-bond donors (Lipinski definition) is 2. The smallest absolute Gasteiger partial charge is 0.223 e. The summed E-state index contributed by atoms with van der Waals surface area (Å²) in [6, 6.07) is 0. The number of aliphatic hydroxyl groups excluding tert-OH is 1. The summed E-state index contributed by atoms with van der Waals surface area (Å²) in [4.78, 5) is 11.1. The van der Waals surface area contributed by atoms with Crippen LogP contribution in [0.25, 0.3) is 0 Å². The van der Waals surface area contributed by atoms with Gasteiger partial charge in [0.05, 0.1) is 6.10 Å². The van der Waals surface area contributed by atoms with E-state index in [1.54, 1.807) is 6.92 Å². The van der Waals surface area contributed by atoms with Gasteiger partial charge >= 0.3 is 0 Å². The summed E-state index contributed by atoms with van der Waals surface area (Å²) in [6.45, 7) is 2.05. The standard InChI is InChI=1S/C8H15NO2/c1-6(10)5-9-8(11)7-3-2-4-7/h6-7,10H,2-5H2,1H3,(H,9,11). The molecule has 0 bridgehead atoms. The third kappa shape index (κ3) is 2.50. The van der Waals surface area contributed by atoms with Crippen LogP contribution >= 0.6 is 0 Å². The van der Waals surface area contributed by atoms with Gasteiger partial charge in [-0.3, -0.25) is 4.79 Å². The van der Waals surface area contributed by atoms with Crippen LogP contribution in [-0.2, 0) is 4.79 Å². The van der Waals surface area contributed by atoms with Crippen molar-refractivity contribution in [3.63, 3.8) is 0 Å². The zero-order chi connectivity index (χ0) is 8.27. The number of carbonyl (C=O) groups excluding carboxylic acids is 1. The first kappa shape index (κ1) is 8.53. The minimum Gasteiger partial charge on any atom is -0.392 e. The van der Waals surface area contributed by atoms with E-state index in [0.717, 1.165) is 12.8 Å². The molecule has 11 heavy (non-hydrogen) atoms. The van der Waals surface area contributed by atoms with Gasteiger partial charge in [-0.1, -0.05) is 6.42 Å². The largest absolute Gasteiger partial charge is 0.392 e. The van der Waals surface area contributed by atoms with E-state index >= 15 is 0 Å². The molecule has 0 aromatic rings. The fraction of sp³-hybridized carbons (Fsp3) is 0.875. The lowest BCUT2D eigenvalue weighted by molar-refractivity contribution is -0.127. The molecule has 1 rings (SSSR count). The third-order valence-electron chi connectivity index (χ3n) is 2.05. The predicted molar refractivity (Wildman–Crippen MR) is 42.0 cm³/mol. The lowest BCUT2D eigenvalue weighted by Gasteiger charge is -2.24. The Kier molecular flexibility index (Phi) is 2.88. The third-order valence-corrected chi connectivity index (χ3v) is 2.05. The first-order chi connectivity index (χ1) is 5.20. The second kappa shape index (κ2) is 3.72. The summed E-state index contributed by atoms with van der Waals surface area (Å²) in [5, 5.41) is 11.6. The van der Waals surface area contributed by atoms with Crippen LogP contribution in [0.3, 0.4) is 0 Å². The van der Waals surface area contributed by atoms with Crippen LogP contribution in [0.1, 0.15) is 26.2 Å². The first-order valence-electron chi connectivity index (χ1n) is 4.16. The van der Waals surface area contributed by atoms with Crippen LogP contribution in [-0.4, -0.2) is 23.7 Å². The van der Waals surface area contributed by atoms with Gasteiger partial charge in [0.25, 0.3) is 0 Å². The fourth-order valence-electron chi connectivity index (χ4n) is 1.06. The molecule has 0 radical (unpaired) electrons. The van der Waals surface area contributed by atoms with Crippen molar-refractivity contribution in [2.45, 2.75) is 32.3 Å². The van der Waals surface area contributed by atoms with Crippen molar-refractivity contribution < 1.29 is 9.90 Å². The molecule has 1 saturated carbocycles. The molecular formula is C8H15NO2. The second-order valence-corrected chi connectivity index (χ2v) is 3.22. The molecule has 1 aliphatic rings. The van der Waals surface area contributed by atoms with E-state index in [9.17, 15) is 4.79 Å². The van der Waals surface area contributed by atoms with Crippen LogP contribution in [0, 0.1) is 5.92 Å². The lowest BCUT2D eigenvalue weighted by atomic mass is 9.85. The first-order valence-corrected chi connectivity index (χ1v) is 4.16. The van der Waals surface area contributed by atoms with Gasteiger partial charge in [-0.25, -0.2) is 0 Å². The van der Waals surface area contributed by atoms with Gasteiger partial charge in [-0.15, -0.1) is 0 Å². The molecule has 0 heterocycles. The second-order valence-electron chi connectivity index (χ2n) is 3.22. The van der Waals surface area contributed by atoms with E-state index in [1.165, 1.54) is 6.42 Å². The number of aliphatic hydroxyl groups is 1. The molecule has 64 valence electrons. The molecule has 1 fully saturated rings. The normalized spacial score (nSPS) is 20.5. The molecular weight excluding hydrogens is 142 g/mol. The molecule has 0 aromatic heterocycles. The van der Waals surface area contributed by atoms with Crippen LogP contribution < -0.4 is 5.32 Å². The van der Waals surface area contributed by atoms with Crippen molar-refractivity contribution in [3.05, 3.63) is 0 Å². The van der Waals surface area contributed by atoms with E-state index in [-0.39, 0.29) is 11.8 Å².